The number of carboxylic acids is 1. The summed E-state index contributed by atoms with van der Waals surface area (Å²) in [4.78, 5) is 17.4. The Kier molecular flexibility index (Phi) is 5.73. The second kappa shape index (κ2) is 8.46. The highest BCUT2D eigenvalue weighted by molar-refractivity contribution is 5.70. The van der Waals surface area contributed by atoms with Crippen molar-refractivity contribution in [3.8, 4) is 16.9 Å². The highest BCUT2D eigenvalue weighted by atomic mass is 19.4. The fraction of sp³-hybridized carbons (Fsp3) is 0.333. The van der Waals surface area contributed by atoms with Crippen LogP contribution in [0.3, 0.4) is 0 Å². The lowest BCUT2D eigenvalue weighted by Crippen LogP contribution is -2.38. The van der Waals surface area contributed by atoms with Crippen molar-refractivity contribution in [1.82, 2.24) is 24.9 Å². The summed E-state index contributed by atoms with van der Waals surface area (Å²) in [6.45, 7) is 1.55. The van der Waals surface area contributed by atoms with E-state index in [-0.39, 0.29) is 0 Å². The molecule has 0 spiro atoms. The Hall–Kier alpha value is -3.27. The molecule has 0 aliphatic carbocycles. The normalized spacial score (nSPS) is 17.6. The molecule has 1 aliphatic rings. The van der Waals surface area contributed by atoms with Crippen LogP contribution >= 0.6 is 0 Å². The van der Waals surface area contributed by atoms with Gasteiger partial charge in [-0.1, -0.05) is 5.21 Å². The van der Waals surface area contributed by atoms with Gasteiger partial charge in [-0.2, -0.15) is 13.2 Å². The van der Waals surface area contributed by atoms with E-state index in [9.17, 15) is 23.1 Å². The molecule has 0 saturated carbocycles. The van der Waals surface area contributed by atoms with E-state index < -0.39 is 23.6 Å². The molecule has 0 amide bonds. The molecule has 0 bridgehead atoms. The molecule has 1 aliphatic heterocycles. The molecule has 1 N–H and O–H groups in total. The first-order chi connectivity index (χ1) is 14.8. The van der Waals surface area contributed by atoms with Crippen LogP contribution in [-0.2, 0) is 17.5 Å². The van der Waals surface area contributed by atoms with Crippen molar-refractivity contribution in [3.05, 3.63) is 60.0 Å². The van der Waals surface area contributed by atoms with Gasteiger partial charge in [-0.15, -0.1) is 5.10 Å². The van der Waals surface area contributed by atoms with Gasteiger partial charge in [0.1, 0.15) is 5.69 Å². The number of alkyl halides is 3. The first-order valence-electron chi connectivity index (χ1n) is 9.80. The number of hydrogen-bond acceptors (Lipinski definition) is 5. The molecule has 1 aromatic carbocycles. The van der Waals surface area contributed by atoms with Gasteiger partial charge in [0.05, 0.1) is 22.9 Å². The Morgan fingerprint density at radius 2 is 1.84 bits per heavy atom. The predicted octanol–water partition coefficient (Wildman–Crippen LogP) is 3.64. The van der Waals surface area contributed by atoms with E-state index >= 15 is 0 Å². The van der Waals surface area contributed by atoms with Crippen molar-refractivity contribution >= 4 is 5.97 Å². The van der Waals surface area contributed by atoms with E-state index in [4.69, 9.17) is 0 Å². The number of carboxylic acid groups (broad SMARTS) is 1. The van der Waals surface area contributed by atoms with Crippen LogP contribution in [0.4, 0.5) is 13.2 Å². The minimum atomic E-state index is -4.42. The van der Waals surface area contributed by atoms with Gasteiger partial charge in [-0.3, -0.25) is 14.7 Å². The van der Waals surface area contributed by atoms with Gasteiger partial charge < -0.3 is 5.11 Å². The van der Waals surface area contributed by atoms with Crippen LogP contribution in [0.2, 0.25) is 0 Å². The number of carbonyl (C=O) groups is 1. The molecule has 1 saturated heterocycles. The molecule has 1 atom stereocenters. The number of nitrogens with zero attached hydrogens (tertiary/aromatic N) is 5. The third-order valence-electron chi connectivity index (χ3n) is 5.36. The molecule has 3 heterocycles. The predicted molar refractivity (Wildman–Crippen MR) is 105 cm³/mol. The van der Waals surface area contributed by atoms with Crippen LogP contribution in [0.15, 0.2) is 48.8 Å². The summed E-state index contributed by atoms with van der Waals surface area (Å²) >= 11 is 0. The van der Waals surface area contributed by atoms with Crippen LogP contribution in [0.5, 0.6) is 0 Å². The topological polar surface area (TPSA) is 84.1 Å². The van der Waals surface area contributed by atoms with Crippen molar-refractivity contribution in [3.63, 3.8) is 0 Å². The fourth-order valence-electron chi connectivity index (χ4n) is 3.80. The lowest BCUT2D eigenvalue weighted by molar-refractivity contribution is -0.143. The molecule has 1 unspecified atom stereocenters. The maximum absolute atomic E-state index is 12.9. The van der Waals surface area contributed by atoms with Crippen LogP contribution in [0, 0.1) is 5.92 Å². The maximum Gasteiger partial charge on any atom is 0.416 e. The minimum Gasteiger partial charge on any atom is -0.481 e. The van der Waals surface area contributed by atoms with Gasteiger partial charge in [-0.05, 0) is 55.8 Å². The number of pyridine rings is 1. The number of piperidine rings is 1. The summed E-state index contributed by atoms with van der Waals surface area (Å²) in [5.41, 5.74) is 1.73. The van der Waals surface area contributed by atoms with Gasteiger partial charge in [0.2, 0.25) is 0 Å². The van der Waals surface area contributed by atoms with Gasteiger partial charge in [-0.25, -0.2) is 4.68 Å². The minimum absolute atomic E-state index is 0.391. The average Bonchev–Trinajstić information content (AvgIpc) is 3.17. The zero-order chi connectivity index (χ0) is 22.0. The SMILES string of the molecule is O=C(O)C1CCCN(Cc2nnn(-c3ccc(C(F)(F)F)cc3)c2-c2ccncc2)C1. The van der Waals surface area contributed by atoms with Gasteiger partial charge in [0, 0.05) is 31.0 Å². The first kappa shape index (κ1) is 21.0. The molecule has 7 nitrogen and oxygen atoms in total. The van der Waals surface area contributed by atoms with Crippen LogP contribution in [0.25, 0.3) is 16.9 Å². The maximum atomic E-state index is 12.9. The molecule has 0 radical (unpaired) electrons. The van der Waals surface area contributed by atoms with E-state index in [1.54, 1.807) is 24.5 Å². The molecular weight excluding hydrogens is 411 g/mol. The van der Waals surface area contributed by atoms with E-state index in [0.717, 1.165) is 30.7 Å². The number of halogens is 3. The number of aliphatic carboxylic acids is 1. The lowest BCUT2D eigenvalue weighted by Gasteiger charge is -2.30. The van der Waals surface area contributed by atoms with Crippen molar-refractivity contribution in [2.24, 2.45) is 5.92 Å². The van der Waals surface area contributed by atoms with Crippen molar-refractivity contribution in [2.45, 2.75) is 25.6 Å². The fourth-order valence-corrected chi connectivity index (χ4v) is 3.80. The molecule has 4 rings (SSSR count). The van der Waals surface area contributed by atoms with Gasteiger partial charge in [0.15, 0.2) is 0 Å². The van der Waals surface area contributed by atoms with Crippen LogP contribution < -0.4 is 0 Å². The van der Waals surface area contributed by atoms with Crippen molar-refractivity contribution in [2.75, 3.05) is 13.1 Å². The summed E-state index contributed by atoms with van der Waals surface area (Å²) in [5, 5.41) is 17.8. The number of benzene rings is 1. The highest BCUT2D eigenvalue weighted by Crippen LogP contribution is 2.31. The van der Waals surface area contributed by atoms with E-state index in [0.29, 0.717) is 36.6 Å². The zero-order valence-electron chi connectivity index (χ0n) is 16.5. The molecule has 2 aromatic heterocycles. The number of rotatable bonds is 5. The summed E-state index contributed by atoms with van der Waals surface area (Å²) in [5.74, 6) is -1.24. The Balaban J connectivity index is 1.69. The highest BCUT2D eigenvalue weighted by Gasteiger charge is 2.30. The Morgan fingerprint density at radius 3 is 2.48 bits per heavy atom. The molecule has 1 fully saturated rings. The average molecular weight is 431 g/mol. The molecule has 3 aromatic rings. The number of aromatic nitrogens is 4. The van der Waals surface area contributed by atoms with Gasteiger partial charge in [0.25, 0.3) is 0 Å². The Bertz CT molecular complexity index is 1050. The second-order valence-corrected chi connectivity index (χ2v) is 7.49. The largest absolute Gasteiger partial charge is 0.481 e. The first-order valence-corrected chi connectivity index (χ1v) is 9.80. The summed E-state index contributed by atoms with van der Waals surface area (Å²) in [6.07, 6.45) is 0.222. The third kappa shape index (κ3) is 4.58. The van der Waals surface area contributed by atoms with Crippen molar-refractivity contribution < 1.29 is 23.1 Å². The molecular formula is C21H20F3N5O2. The van der Waals surface area contributed by atoms with Crippen molar-refractivity contribution in [1.29, 1.82) is 0 Å². The summed E-state index contributed by atoms with van der Waals surface area (Å²) < 4.78 is 40.3. The zero-order valence-corrected chi connectivity index (χ0v) is 16.5. The summed E-state index contributed by atoms with van der Waals surface area (Å²) in [7, 11) is 0. The Morgan fingerprint density at radius 1 is 1.13 bits per heavy atom. The number of likely N-dealkylation sites (tertiary alicyclic amines) is 1. The quantitative estimate of drug-likeness (QED) is 0.664. The standard InChI is InChI=1S/C21H20F3N5O2/c22-21(23,24)16-3-5-17(6-4-16)29-19(14-7-9-25-10-8-14)18(26-27-29)13-28-11-1-2-15(12-28)20(30)31/h3-10,15H,1-2,11-13H2,(H,30,31). The number of hydrogen-bond donors (Lipinski definition) is 1. The Labute approximate surface area is 176 Å². The van der Waals surface area contributed by atoms with E-state index in [1.165, 1.54) is 16.8 Å². The van der Waals surface area contributed by atoms with E-state index in [2.05, 4.69) is 15.3 Å². The second-order valence-electron chi connectivity index (χ2n) is 7.49. The molecule has 10 heteroatoms. The van der Waals surface area contributed by atoms with Crippen LogP contribution in [0.1, 0.15) is 24.1 Å². The van der Waals surface area contributed by atoms with Crippen LogP contribution in [-0.4, -0.2) is 49.0 Å². The molecule has 31 heavy (non-hydrogen) atoms. The lowest BCUT2D eigenvalue weighted by atomic mass is 9.98. The van der Waals surface area contributed by atoms with Gasteiger partial charge >= 0.3 is 12.1 Å². The molecule has 162 valence electrons. The summed E-state index contributed by atoms with van der Waals surface area (Å²) in [6, 6.07) is 8.28. The monoisotopic (exact) mass is 431 g/mol. The smallest absolute Gasteiger partial charge is 0.416 e. The van der Waals surface area contributed by atoms with E-state index in [1.807, 2.05) is 4.90 Å². The third-order valence-corrected chi connectivity index (χ3v) is 5.36.